The molecule has 1 aliphatic rings. The van der Waals surface area contributed by atoms with E-state index >= 15 is 0 Å². The molecule has 1 N–H and O–H groups in total. The molecule has 0 spiro atoms. The fourth-order valence-corrected chi connectivity index (χ4v) is 1.65. The van der Waals surface area contributed by atoms with Crippen molar-refractivity contribution in [3.8, 4) is 0 Å². The van der Waals surface area contributed by atoms with Crippen LogP contribution in [0.3, 0.4) is 0 Å². The quantitative estimate of drug-likeness (QED) is 0.737. The Bertz CT molecular complexity index is 280. The fourth-order valence-electron chi connectivity index (χ4n) is 1.65. The number of alkyl halides is 2. The summed E-state index contributed by atoms with van der Waals surface area (Å²) in [5, 5.41) is 2.90. The second kappa shape index (κ2) is 3.07. The Balaban J connectivity index is 2.32. The van der Waals surface area contributed by atoms with Crippen LogP contribution in [-0.4, -0.2) is 19.5 Å². The molecule has 0 saturated carbocycles. The molecule has 0 atom stereocenters. The zero-order chi connectivity index (χ0) is 9.31. The van der Waals surface area contributed by atoms with E-state index in [1.165, 1.54) is 0 Å². The molecular weight excluding hydrogens is 172 g/mol. The predicted molar refractivity (Wildman–Crippen MR) is 47.0 cm³/mol. The van der Waals surface area contributed by atoms with Gasteiger partial charge in [-0.2, -0.15) is 0 Å². The maximum absolute atomic E-state index is 12.8. The van der Waals surface area contributed by atoms with Crippen LogP contribution in [0, 0.1) is 0 Å². The molecular formula is C10H11F2N. The van der Waals surface area contributed by atoms with Crippen molar-refractivity contribution in [1.29, 1.82) is 0 Å². The van der Waals surface area contributed by atoms with Crippen molar-refractivity contribution in [2.24, 2.45) is 0 Å². The van der Waals surface area contributed by atoms with Crippen molar-refractivity contribution in [1.82, 2.24) is 5.32 Å². The fraction of sp³-hybridized carbons (Fsp3) is 0.400. The van der Waals surface area contributed by atoms with Crippen LogP contribution in [0.1, 0.15) is 5.56 Å². The summed E-state index contributed by atoms with van der Waals surface area (Å²) in [7, 11) is 0. The lowest BCUT2D eigenvalue weighted by atomic mass is 9.75. The monoisotopic (exact) mass is 183 g/mol. The molecule has 70 valence electrons. The van der Waals surface area contributed by atoms with Crippen LogP contribution in [0.4, 0.5) is 8.78 Å². The van der Waals surface area contributed by atoms with Gasteiger partial charge in [0.05, 0.1) is 5.41 Å². The van der Waals surface area contributed by atoms with Crippen LogP contribution in [0.5, 0.6) is 0 Å². The molecule has 1 heterocycles. The summed E-state index contributed by atoms with van der Waals surface area (Å²) in [6.45, 7) is 0.767. The van der Waals surface area contributed by atoms with E-state index in [-0.39, 0.29) is 0 Å². The highest BCUT2D eigenvalue weighted by molar-refractivity contribution is 5.30. The smallest absolute Gasteiger partial charge is 0.250 e. The molecule has 1 aromatic carbocycles. The minimum atomic E-state index is -2.28. The zero-order valence-corrected chi connectivity index (χ0v) is 7.13. The van der Waals surface area contributed by atoms with Crippen LogP contribution in [0.2, 0.25) is 0 Å². The Morgan fingerprint density at radius 2 is 1.77 bits per heavy atom. The van der Waals surface area contributed by atoms with Gasteiger partial charge in [0.25, 0.3) is 6.43 Å². The highest BCUT2D eigenvalue weighted by atomic mass is 19.3. The van der Waals surface area contributed by atoms with Crippen LogP contribution in [0.15, 0.2) is 30.3 Å². The van der Waals surface area contributed by atoms with E-state index in [0.29, 0.717) is 13.1 Å². The SMILES string of the molecule is FC(F)C1(c2ccccc2)CNC1. The Hall–Kier alpha value is -0.960. The first-order valence-corrected chi connectivity index (χ1v) is 4.30. The van der Waals surface area contributed by atoms with Gasteiger partial charge >= 0.3 is 0 Å². The van der Waals surface area contributed by atoms with Gasteiger partial charge in [-0.3, -0.25) is 0 Å². The van der Waals surface area contributed by atoms with E-state index in [1.54, 1.807) is 24.3 Å². The molecule has 1 saturated heterocycles. The highest BCUT2D eigenvalue weighted by Gasteiger charge is 2.46. The molecule has 0 amide bonds. The van der Waals surface area contributed by atoms with Gasteiger partial charge < -0.3 is 5.32 Å². The molecule has 0 unspecified atom stereocenters. The van der Waals surface area contributed by atoms with E-state index in [1.807, 2.05) is 6.07 Å². The van der Waals surface area contributed by atoms with Gasteiger partial charge in [-0.05, 0) is 5.56 Å². The van der Waals surface area contributed by atoms with E-state index in [2.05, 4.69) is 5.32 Å². The van der Waals surface area contributed by atoms with Crippen LogP contribution in [0.25, 0.3) is 0 Å². The van der Waals surface area contributed by atoms with Crippen molar-refractivity contribution in [2.45, 2.75) is 11.8 Å². The van der Waals surface area contributed by atoms with Crippen LogP contribution in [-0.2, 0) is 5.41 Å². The molecule has 2 rings (SSSR count). The minimum Gasteiger partial charge on any atom is -0.314 e. The summed E-state index contributed by atoms with van der Waals surface area (Å²) in [4.78, 5) is 0. The van der Waals surface area contributed by atoms with Crippen LogP contribution >= 0.6 is 0 Å². The van der Waals surface area contributed by atoms with E-state index in [4.69, 9.17) is 0 Å². The highest BCUT2D eigenvalue weighted by Crippen LogP contribution is 2.34. The van der Waals surface area contributed by atoms with Gasteiger partial charge in [0.2, 0.25) is 0 Å². The molecule has 1 fully saturated rings. The average Bonchev–Trinajstić information content (AvgIpc) is 2.03. The topological polar surface area (TPSA) is 12.0 Å². The Morgan fingerprint density at radius 1 is 1.15 bits per heavy atom. The van der Waals surface area contributed by atoms with Gasteiger partial charge in [0.15, 0.2) is 0 Å². The first kappa shape index (κ1) is 8.63. The van der Waals surface area contributed by atoms with Crippen molar-refractivity contribution in [3.63, 3.8) is 0 Å². The molecule has 1 nitrogen and oxygen atoms in total. The molecule has 3 heteroatoms. The van der Waals surface area contributed by atoms with Gasteiger partial charge in [0, 0.05) is 13.1 Å². The van der Waals surface area contributed by atoms with E-state index in [9.17, 15) is 8.78 Å². The number of hydrogen-bond acceptors (Lipinski definition) is 1. The Labute approximate surface area is 75.8 Å². The second-order valence-corrected chi connectivity index (χ2v) is 3.43. The van der Waals surface area contributed by atoms with Crippen molar-refractivity contribution < 1.29 is 8.78 Å². The summed E-state index contributed by atoms with van der Waals surface area (Å²) >= 11 is 0. The van der Waals surface area contributed by atoms with Crippen molar-refractivity contribution in [3.05, 3.63) is 35.9 Å². The lowest BCUT2D eigenvalue weighted by molar-refractivity contribution is 0.0167. The molecule has 0 aromatic heterocycles. The summed E-state index contributed by atoms with van der Waals surface area (Å²) in [5.41, 5.74) is -0.190. The number of halogens is 2. The van der Waals surface area contributed by atoms with Gasteiger partial charge in [0.1, 0.15) is 0 Å². The lowest BCUT2D eigenvalue weighted by Crippen LogP contribution is -2.61. The third kappa shape index (κ3) is 1.23. The van der Waals surface area contributed by atoms with E-state index < -0.39 is 11.8 Å². The van der Waals surface area contributed by atoms with Gasteiger partial charge in [-0.1, -0.05) is 30.3 Å². The summed E-state index contributed by atoms with van der Waals surface area (Å²) in [6, 6.07) is 8.99. The maximum Gasteiger partial charge on any atom is 0.250 e. The third-order valence-electron chi connectivity index (χ3n) is 2.65. The Morgan fingerprint density at radius 3 is 2.15 bits per heavy atom. The summed E-state index contributed by atoms with van der Waals surface area (Å²) in [5.74, 6) is 0. The van der Waals surface area contributed by atoms with E-state index in [0.717, 1.165) is 5.56 Å². The number of nitrogens with one attached hydrogen (secondary N) is 1. The number of benzene rings is 1. The molecule has 0 aliphatic carbocycles. The lowest BCUT2D eigenvalue weighted by Gasteiger charge is -2.42. The largest absolute Gasteiger partial charge is 0.314 e. The van der Waals surface area contributed by atoms with Crippen molar-refractivity contribution >= 4 is 0 Å². The minimum absolute atomic E-state index is 0.384. The van der Waals surface area contributed by atoms with Crippen molar-refractivity contribution in [2.75, 3.05) is 13.1 Å². The second-order valence-electron chi connectivity index (χ2n) is 3.43. The molecule has 1 aromatic rings. The third-order valence-corrected chi connectivity index (χ3v) is 2.65. The normalized spacial score (nSPS) is 19.9. The predicted octanol–water partition coefficient (Wildman–Crippen LogP) is 1.79. The Kier molecular flexibility index (Phi) is 2.04. The average molecular weight is 183 g/mol. The molecule has 13 heavy (non-hydrogen) atoms. The van der Waals surface area contributed by atoms with Crippen LogP contribution < -0.4 is 5.32 Å². The number of rotatable bonds is 2. The number of hydrogen-bond donors (Lipinski definition) is 1. The standard InChI is InChI=1S/C10H11F2N/c11-9(12)10(6-13-7-10)8-4-2-1-3-5-8/h1-5,9,13H,6-7H2. The molecule has 0 bridgehead atoms. The van der Waals surface area contributed by atoms with Gasteiger partial charge in [-0.15, -0.1) is 0 Å². The molecule has 0 radical (unpaired) electrons. The molecule has 1 aliphatic heterocycles. The first-order valence-electron chi connectivity index (χ1n) is 4.30. The van der Waals surface area contributed by atoms with Gasteiger partial charge in [-0.25, -0.2) is 8.78 Å². The summed E-state index contributed by atoms with van der Waals surface area (Å²) < 4.78 is 25.6. The first-order chi connectivity index (χ1) is 6.26. The maximum atomic E-state index is 12.8. The summed E-state index contributed by atoms with van der Waals surface area (Å²) in [6.07, 6.45) is -2.28. The zero-order valence-electron chi connectivity index (χ0n) is 7.13.